The summed E-state index contributed by atoms with van der Waals surface area (Å²) in [5.74, 6) is 0.645. The van der Waals surface area contributed by atoms with Gasteiger partial charge in [0.05, 0.1) is 16.8 Å². The van der Waals surface area contributed by atoms with Crippen molar-refractivity contribution in [1.82, 2.24) is 15.2 Å². The molecule has 0 amide bonds. The van der Waals surface area contributed by atoms with Crippen LogP contribution in [0.25, 0.3) is 0 Å². The van der Waals surface area contributed by atoms with Gasteiger partial charge in [0.2, 0.25) is 5.95 Å². The average molecular weight is 330 g/mol. The van der Waals surface area contributed by atoms with E-state index in [0.717, 1.165) is 18.9 Å². The lowest BCUT2D eigenvalue weighted by Gasteiger charge is -2.12. The summed E-state index contributed by atoms with van der Waals surface area (Å²) < 4.78 is 38.4. The number of hydrogen-bond acceptors (Lipinski definition) is 5. The molecular formula is C13H11ClF3N5. The van der Waals surface area contributed by atoms with Crippen LogP contribution < -0.4 is 10.6 Å². The van der Waals surface area contributed by atoms with Crippen LogP contribution in [0.3, 0.4) is 0 Å². The Morgan fingerprint density at radius 1 is 1.23 bits per heavy atom. The van der Waals surface area contributed by atoms with Gasteiger partial charge in [-0.2, -0.15) is 23.3 Å². The van der Waals surface area contributed by atoms with E-state index in [4.69, 9.17) is 11.6 Å². The third kappa shape index (κ3) is 3.56. The molecule has 5 nitrogen and oxygen atoms in total. The van der Waals surface area contributed by atoms with E-state index in [1.807, 2.05) is 0 Å². The first kappa shape index (κ1) is 14.8. The molecule has 3 rings (SSSR count). The van der Waals surface area contributed by atoms with Gasteiger partial charge < -0.3 is 10.6 Å². The normalized spacial score (nSPS) is 14.7. The monoisotopic (exact) mass is 329 g/mol. The lowest BCUT2D eigenvalue weighted by Crippen LogP contribution is -2.08. The SMILES string of the molecule is FC(F)(F)c1cc(Nc2nncc(NC3CC3)n2)ccc1Cl. The molecule has 0 aliphatic heterocycles. The van der Waals surface area contributed by atoms with Gasteiger partial charge in [-0.1, -0.05) is 11.6 Å². The molecule has 0 radical (unpaired) electrons. The Morgan fingerprint density at radius 2 is 2.00 bits per heavy atom. The van der Waals surface area contributed by atoms with Gasteiger partial charge in [0.1, 0.15) is 0 Å². The first-order chi connectivity index (χ1) is 10.4. The minimum Gasteiger partial charge on any atom is -0.366 e. The standard InChI is InChI=1S/C13H11ClF3N5/c14-10-4-3-8(5-9(10)13(15,16)17)20-12-21-11(6-18-22-12)19-7-1-2-7/h3-7H,1-2H2,(H2,19,20,21,22). The van der Waals surface area contributed by atoms with Gasteiger partial charge in [-0.25, -0.2) is 0 Å². The predicted octanol–water partition coefficient (Wildman–Crippen LogP) is 3.86. The van der Waals surface area contributed by atoms with Gasteiger partial charge in [-0.05, 0) is 31.0 Å². The number of aromatic nitrogens is 3. The maximum Gasteiger partial charge on any atom is 0.417 e. The van der Waals surface area contributed by atoms with Crippen LogP contribution in [0.2, 0.25) is 5.02 Å². The highest BCUT2D eigenvalue weighted by molar-refractivity contribution is 6.31. The van der Waals surface area contributed by atoms with Crippen molar-refractivity contribution in [2.24, 2.45) is 0 Å². The summed E-state index contributed by atoms with van der Waals surface area (Å²) in [7, 11) is 0. The molecule has 2 aromatic rings. The summed E-state index contributed by atoms with van der Waals surface area (Å²) in [6.07, 6.45) is -0.923. The molecule has 1 aliphatic carbocycles. The molecule has 0 bridgehead atoms. The molecule has 9 heteroatoms. The van der Waals surface area contributed by atoms with Gasteiger partial charge in [-0.15, -0.1) is 5.10 Å². The molecule has 0 atom stereocenters. The Kier molecular flexibility index (Phi) is 3.78. The Morgan fingerprint density at radius 3 is 2.68 bits per heavy atom. The van der Waals surface area contributed by atoms with Gasteiger partial charge in [0, 0.05) is 11.7 Å². The second-order valence-corrected chi connectivity index (χ2v) is 5.31. The van der Waals surface area contributed by atoms with Crippen molar-refractivity contribution >= 4 is 29.1 Å². The maximum absolute atomic E-state index is 12.8. The molecule has 116 valence electrons. The van der Waals surface area contributed by atoms with Crippen LogP contribution in [0, 0.1) is 0 Å². The molecule has 1 saturated carbocycles. The second kappa shape index (κ2) is 5.60. The summed E-state index contributed by atoms with van der Waals surface area (Å²) in [5.41, 5.74) is -0.735. The third-order valence-corrected chi connectivity index (χ3v) is 3.35. The highest BCUT2D eigenvalue weighted by atomic mass is 35.5. The van der Waals surface area contributed by atoms with E-state index in [9.17, 15) is 13.2 Å². The molecule has 0 saturated heterocycles. The van der Waals surface area contributed by atoms with Crippen molar-refractivity contribution in [1.29, 1.82) is 0 Å². The van der Waals surface area contributed by atoms with Gasteiger partial charge in [0.25, 0.3) is 0 Å². The third-order valence-electron chi connectivity index (χ3n) is 3.02. The second-order valence-electron chi connectivity index (χ2n) is 4.90. The number of hydrogen-bond donors (Lipinski definition) is 2. The molecule has 22 heavy (non-hydrogen) atoms. The van der Waals surface area contributed by atoms with Crippen molar-refractivity contribution in [3.05, 3.63) is 35.0 Å². The zero-order valence-electron chi connectivity index (χ0n) is 11.2. The molecule has 1 fully saturated rings. The zero-order valence-corrected chi connectivity index (χ0v) is 11.9. The molecule has 1 aliphatic rings. The molecular weight excluding hydrogens is 319 g/mol. The van der Waals surface area contributed by atoms with Gasteiger partial charge in [0.15, 0.2) is 5.82 Å². The highest BCUT2D eigenvalue weighted by Crippen LogP contribution is 2.36. The number of nitrogens with one attached hydrogen (secondary N) is 2. The maximum atomic E-state index is 12.8. The van der Waals surface area contributed by atoms with Crippen molar-refractivity contribution in [2.45, 2.75) is 25.1 Å². The van der Waals surface area contributed by atoms with Crippen LogP contribution in [0.1, 0.15) is 18.4 Å². The Labute approximate surface area is 128 Å². The van der Waals surface area contributed by atoms with Crippen LogP contribution in [0.4, 0.5) is 30.6 Å². The lowest BCUT2D eigenvalue weighted by atomic mass is 10.2. The van der Waals surface area contributed by atoms with E-state index in [1.165, 1.54) is 18.3 Å². The van der Waals surface area contributed by atoms with E-state index in [2.05, 4.69) is 25.8 Å². The zero-order chi connectivity index (χ0) is 15.7. The topological polar surface area (TPSA) is 62.7 Å². The molecule has 1 heterocycles. The summed E-state index contributed by atoms with van der Waals surface area (Å²) >= 11 is 5.57. The van der Waals surface area contributed by atoms with Gasteiger partial charge in [-0.3, -0.25) is 0 Å². The molecule has 1 aromatic carbocycles. The molecule has 2 N–H and O–H groups in total. The van der Waals surface area contributed by atoms with Crippen LogP contribution in [0.5, 0.6) is 0 Å². The molecule has 1 aromatic heterocycles. The number of nitrogens with zero attached hydrogens (tertiary/aromatic N) is 3. The van der Waals surface area contributed by atoms with E-state index in [1.54, 1.807) is 0 Å². The van der Waals surface area contributed by atoms with Crippen molar-refractivity contribution in [3.63, 3.8) is 0 Å². The summed E-state index contributed by atoms with van der Waals surface area (Å²) in [5, 5.41) is 13.0. The highest BCUT2D eigenvalue weighted by Gasteiger charge is 2.33. The Bertz CT molecular complexity index is 688. The first-order valence-electron chi connectivity index (χ1n) is 6.52. The number of alkyl halides is 3. The van der Waals surface area contributed by atoms with Crippen LogP contribution in [-0.4, -0.2) is 21.2 Å². The fourth-order valence-electron chi connectivity index (χ4n) is 1.81. The fourth-order valence-corrected chi connectivity index (χ4v) is 2.04. The largest absolute Gasteiger partial charge is 0.417 e. The van der Waals surface area contributed by atoms with E-state index in [-0.39, 0.29) is 16.7 Å². The van der Waals surface area contributed by atoms with E-state index in [0.29, 0.717) is 11.9 Å². The minimum absolute atomic E-state index is 0.112. The number of halogens is 4. The van der Waals surface area contributed by atoms with Crippen LogP contribution in [0.15, 0.2) is 24.4 Å². The lowest BCUT2D eigenvalue weighted by molar-refractivity contribution is -0.137. The minimum atomic E-state index is -4.52. The summed E-state index contributed by atoms with van der Waals surface area (Å²) in [6.45, 7) is 0. The summed E-state index contributed by atoms with van der Waals surface area (Å²) in [4.78, 5) is 4.15. The molecule has 0 spiro atoms. The number of benzene rings is 1. The Balaban J connectivity index is 1.80. The summed E-state index contributed by atoms with van der Waals surface area (Å²) in [6, 6.07) is 3.89. The van der Waals surface area contributed by atoms with Crippen LogP contribution >= 0.6 is 11.6 Å². The van der Waals surface area contributed by atoms with Crippen molar-refractivity contribution < 1.29 is 13.2 Å². The van der Waals surface area contributed by atoms with E-state index < -0.39 is 11.7 Å². The number of anilines is 3. The average Bonchev–Trinajstić information content (AvgIpc) is 3.24. The first-order valence-corrected chi connectivity index (χ1v) is 6.89. The molecule has 0 unspecified atom stereocenters. The predicted molar refractivity (Wildman–Crippen MR) is 76.2 cm³/mol. The van der Waals surface area contributed by atoms with Crippen LogP contribution in [-0.2, 0) is 6.18 Å². The number of rotatable bonds is 4. The van der Waals surface area contributed by atoms with Gasteiger partial charge >= 0.3 is 6.18 Å². The fraction of sp³-hybridized carbons (Fsp3) is 0.308. The smallest absolute Gasteiger partial charge is 0.366 e. The van der Waals surface area contributed by atoms with Crippen molar-refractivity contribution in [2.75, 3.05) is 10.6 Å². The Hall–Kier alpha value is -2.09. The van der Waals surface area contributed by atoms with E-state index >= 15 is 0 Å². The van der Waals surface area contributed by atoms with Crippen molar-refractivity contribution in [3.8, 4) is 0 Å². The quantitative estimate of drug-likeness (QED) is 0.891.